The maximum absolute atomic E-state index is 10.9. The molecule has 0 aromatic rings. The summed E-state index contributed by atoms with van der Waals surface area (Å²) in [6, 6.07) is -0.199. The van der Waals surface area contributed by atoms with Crippen LogP contribution < -0.4 is 10.6 Å². The van der Waals surface area contributed by atoms with Crippen LogP contribution in [-0.2, 0) is 4.79 Å². The Hall–Kier alpha value is -1.26. The van der Waals surface area contributed by atoms with Crippen molar-refractivity contribution in [2.45, 2.75) is 26.7 Å². The van der Waals surface area contributed by atoms with Crippen LogP contribution >= 0.6 is 0 Å². The Labute approximate surface area is 83.9 Å². The lowest BCUT2D eigenvalue weighted by molar-refractivity contribution is -0.141. The maximum Gasteiger partial charge on any atom is 0.314 e. The number of amides is 2. The van der Waals surface area contributed by atoms with Gasteiger partial charge in [0, 0.05) is 13.1 Å². The number of carbonyl (C=O) groups excluding carboxylic acids is 1. The molecule has 5 nitrogen and oxygen atoms in total. The number of rotatable bonds is 6. The van der Waals surface area contributed by atoms with Gasteiger partial charge in [-0.05, 0) is 19.8 Å². The van der Waals surface area contributed by atoms with Gasteiger partial charge in [-0.25, -0.2) is 4.79 Å². The van der Waals surface area contributed by atoms with E-state index in [4.69, 9.17) is 5.11 Å². The molecule has 0 aliphatic rings. The second-order valence-electron chi connectivity index (χ2n) is 3.17. The van der Waals surface area contributed by atoms with Crippen molar-refractivity contribution in [3.8, 4) is 0 Å². The predicted octanol–water partition coefficient (Wildman–Crippen LogP) is 0.806. The summed E-state index contributed by atoms with van der Waals surface area (Å²) in [4.78, 5) is 21.3. The second-order valence-corrected chi connectivity index (χ2v) is 3.17. The molecule has 0 fully saturated rings. The van der Waals surface area contributed by atoms with Crippen LogP contribution in [0.1, 0.15) is 26.7 Å². The van der Waals surface area contributed by atoms with E-state index in [1.807, 2.05) is 6.92 Å². The molecule has 0 aliphatic carbocycles. The minimum absolute atomic E-state index is 0.199. The molecule has 0 saturated carbocycles. The average molecular weight is 202 g/mol. The fraction of sp³-hybridized carbons (Fsp3) is 0.778. The highest BCUT2D eigenvalue weighted by molar-refractivity contribution is 5.73. The number of hydrogen-bond donors (Lipinski definition) is 3. The van der Waals surface area contributed by atoms with Gasteiger partial charge in [0.25, 0.3) is 0 Å². The molecular weight excluding hydrogens is 184 g/mol. The van der Waals surface area contributed by atoms with Crippen LogP contribution in [-0.4, -0.2) is 30.2 Å². The van der Waals surface area contributed by atoms with E-state index < -0.39 is 5.97 Å². The minimum atomic E-state index is -0.789. The van der Waals surface area contributed by atoms with E-state index in [-0.39, 0.29) is 11.9 Å². The molecule has 14 heavy (non-hydrogen) atoms. The summed E-state index contributed by atoms with van der Waals surface area (Å²) in [5.41, 5.74) is 0. The third-order valence-corrected chi connectivity index (χ3v) is 1.86. The van der Waals surface area contributed by atoms with Crippen LogP contribution in [0.4, 0.5) is 4.79 Å². The Balaban J connectivity index is 3.37. The largest absolute Gasteiger partial charge is 0.481 e. The molecule has 0 bridgehead atoms. The zero-order chi connectivity index (χ0) is 11.0. The number of aliphatic carboxylic acids is 1. The molecule has 0 aliphatic heterocycles. The van der Waals surface area contributed by atoms with Gasteiger partial charge in [0.1, 0.15) is 0 Å². The van der Waals surface area contributed by atoms with Crippen LogP contribution in [0.15, 0.2) is 0 Å². The van der Waals surface area contributed by atoms with Gasteiger partial charge < -0.3 is 15.7 Å². The van der Waals surface area contributed by atoms with E-state index in [9.17, 15) is 9.59 Å². The monoisotopic (exact) mass is 202 g/mol. The van der Waals surface area contributed by atoms with Crippen LogP contribution in [0.2, 0.25) is 0 Å². The summed E-state index contributed by atoms with van der Waals surface area (Å²) < 4.78 is 0. The average Bonchev–Trinajstić information content (AvgIpc) is 2.12. The van der Waals surface area contributed by atoms with Crippen molar-refractivity contribution in [2.24, 2.45) is 5.92 Å². The van der Waals surface area contributed by atoms with Crippen molar-refractivity contribution in [1.29, 1.82) is 0 Å². The minimum Gasteiger partial charge on any atom is -0.481 e. The quantitative estimate of drug-likeness (QED) is 0.557. The maximum atomic E-state index is 10.9. The van der Waals surface area contributed by atoms with Gasteiger partial charge >= 0.3 is 12.0 Å². The number of carboxylic acid groups (broad SMARTS) is 1. The summed E-state index contributed by atoms with van der Waals surface area (Å²) in [5.74, 6) is -1.13. The van der Waals surface area contributed by atoms with E-state index in [0.29, 0.717) is 25.9 Å². The molecule has 0 saturated heterocycles. The van der Waals surface area contributed by atoms with Gasteiger partial charge in [0.2, 0.25) is 0 Å². The number of hydrogen-bond acceptors (Lipinski definition) is 2. The first kappa shape index (κ1) is 12.7. The molecule has 0 spiro atoms. The van der Waals surface area contributed by atoms with Crippen molar-refractivity contribution < 1.29 is 14.7 Å². The normalized spacial score (nSPS) is 11.9. The third-order valence-electron chi connectivity index (χ3n) is 1.86. The van der Waals surface area contributed by atoms with Crippen molar-refractivity contribution in [1.82, 2.24) is 10.6 Å². The number of carbonyl (C=O) groups is 2. The summed E-state index contributed by atoms with van der Waals surface area (Å²) in [6.07, 6.45) is 1.27. The summed E-state index contributed by atoms with van der Waals surface area (Å²) in [5, 5.41) is 13.8. The first-order valence-electron chi connectivity index (χ1n) is 4.82. The van der Waals surface area contributed by atoms with Crippen molar-refractivity contribution in [3.05, 3.63) is 0 Å². The Morgan fingerprint density at radius 3 is 2.50 bits per heavy atom. The van der Waals surface area contributed by atoms with E-state index in [1.54, 1.807) is 6.92 Å². The molecule has 1 atom stereocenters. The van der Waals surface area contributed by atoms with Crippen LogP contribution in [0.3, 0.4) is 0 Å². The van der Waals surface area contributed by atoms with Gasteiger partial charge in [-0.2, -0.15) is 0 Å². The van der Waals surface area contributed by atoms with Crippen molar-refractivity contribution in [2.75, 3.05) is 13.1 Å². The summed E-state index contributed by atoms with van der Waals surface area (Å²) >= 11 is 0. The van der Waals surface area contributed by atoms with Gasteiger partial charge in [0.15, 0.2) is 0 Å². The van der Waals surface area contributed by atoms with E-state index in [2.05, 4.69) is 10.6 Å². The van der Waals surface area contributed by atoms with Gasteiger partial charge in [-0.1, -0.05) is 6.92 Å². The third kappa shape index (κ3) is 6.28. The molecule has 1 unspecified atom stereocenters. The Kier molecular flexibility index (Phi) is 6.53. The molecule has 5 heteroatoms. The molecular formula is C9H18N2O3. The SMILES string of the molecule is CCNC(=O)NCCCC(C)C(=O)O. The lowest BCUT2D eigenvalue weighted by atomic mass is 10.1. The highest BCUT2D eigenvalue weighted by atomic mass is 16.4. The Morgan fingerprint density at radius 2 is 2.00 bits per heavy atom. The predicted molar refractivity (Wildman–Crippen MR) is 53.1 cm³/mol. The van der Waals surface area contributed by atoms with E-state index in [0.717, 1.165) is 0 Å². The molecule has 82 valence electrons. The molecule has 0 rings (SSSR count). The standard InChI is InChI=1S/C9H18N2O3/c1-3-10-9(14)11-6-4-5-7(2)8(12)13/h7H,3-6H2,1-2H3,(H,12,13)(H2,10,11,14). The fourth-order valence-electron chi connectivity index (χ4n) is 0.957. The lowest BCUT2D eigenvalue weighted by Crippen LogP contribution is -2.35. The molecule has 3 N–H and O–H groups in total. The molecule has 0 aromatic heterocycles. The molecule has 0 radical (unpaired) electrons. The smallest absolute Gasteiger partial charge is 0.314 e. The van der Waals surface area contributed by atoms with Crippen LogP contribution in [0.5, 0.6) is 0 Å². The van der Waals surface area contributed by atoms with Crippen molar-refractivity contribution >= 4 is 12.0 Å². The van der Waals surface area contributed by atoms with E-state index >= 15 is 0 Å². The summed E-state index contributed by atoms with van der Waals surface area (Å²) in [6.45, 7) is 4.61. The molecule has 2 amide bonds. The fourth-order valence-corrected chi connectivity index (χ4v) is 0.957. The van der Waals surface area contributed by atoms with Crippen molar-refractivity contribution in [3.63, 3.8) is 0 Å². The number of carboxylic acids is 1. The van der Waals surface area contributed by atoms with Gasteiger partial charge in [-0.15, -0.1) is 0 Å². The highest BCUT2D eigenvalue weighted by Crippen LogP contribution is 2.03. The first-order chi connectivity index (χ1) is 6.57. The second kappa shape index (κ2) is 7.17. The Bertz CT molecular complexity index is 194. The zero-order valence-electron chi connectivity index (χ0n) is 8.67. The zero-order valence-corrected chi connectivity index (χ0v) is 8.67. The highest BCUT2D eigenvalue weighted by Gasteiger charge is 2.09. The number of urea groups is 1. The molecule has 0 aromatic carbocycles. The van der Waals surface area contributed by atoms with E-state index in [1.165, 1.54) is 0 Å². The lowest BCUT2D eigenvalue weighted by Gasteiger charge is -2.07. The van der Waals surface area contributed by atoms with Gasteiger partial charge in [-0.3, -0.25) is 4.79 Å². The Morgan fingerprint density at radius 1 is 1.36 bits per heavy atom. The topological polar surface area (TPSA) is 78.4 Å². The first-order valence-corrected chi connectivity index (χ1v) is 4.82. The van der Waals surface area contributed by atoms with Crippen LogP contribution in [0, 0.1) is 5.92 Å². The van der Waals surface area contributed by atoms with Crippen LogP contribution in [0.25, 0.3) is 0 Å². The number of nitrogens with one attached hydrogen (secondary N) is 2. The van der Waals surface area contributed by atoms with Gasteiger partial charge in [0.05, 0.1) is 5.92 Å². The molecule has 0 heterocycles. The summed E-state index contributed by atoms with van der Waals surface area (Å²) in [7, 11) is 0.